The Morgan fingerprint density at radius 2 is 1.26 bits per heavy atom. The van der Waals surface area contributed by atoms with Gasteiger partial charge in [-0.15, -0.1) is 56.7 Å². The van der Waals surface area contributed by atoms with Gasteiger partial charge >= 0.3 is 5.13 Å². The third-order valence-electron chi connectivity index (χ3n) is 9.23. The number of aryl methyl sites for hydroxylation is 2. The highest BCUT2D eigenvalue weighted by atomic mass is 32.1. The Morgan fingerprint density at radius 3 is 1.83 bits per heavy atom. The van der Waals surface area contributed by atoms with E-state index in [1.54, 1.807) is 31.5 Å². The number of nitrogens with zero attached hydrogens (tertiary/aromatic N) is 2. The molecule has 1 aliphatic rings. The molecule has 0 N–H and O–H groups in total. The van der Waals surface area contributed by atoms with Crippen LogP contribution in [-0.2, 0) is 0 Å². The first-order valence-corrected chi connectivity index (χ1v) is 23.6. The molecule has 0 unspecified atom stereocenters. The zero-order valence-electron chi connectivity index (χ0n) is 26.7. The van der Waals surface area contributed by atoms with Crippen molar-refractivity contribution >= 4 is 102 Å². The van der Waals surface area contributed by atoms with Crippen molar-refractivity contribution in [2.75, 3.05) is 0 Å². The Hall–Kier alpha value is -1.99. The van der Waals surface area contributed by atoms with Gasteiger partial charge < -0.3 is 10.1 Å². The molecule has 240 valence electrons. The van der Waals surface area contributed by atoms with Crippen molar-refractivity contribution in [3.63, 3.8) is 0 Å². The first-order valence-electron chi connectivity index (χ1n) is 16.3. The van der Waals surface area contributed by atoms with Crippen LogP contribution >= 0.6 is 68.0 Å². The summed E-state index contributed by atoms with van der Waals surface area (Å²) in [5, 5.41) is 14.9. The Labute approximate surface area is 296 Å². The second-order valence-electron chi connectivity index (χ2n) is 12.4. The summed E-state index contributed by atoms with van der Waals surface area (Å²) in [5.41, 5.74) is 0.784. The number of thiophene rings is 5. The molecule has 0 bridgehead atoms. The summed E-state index contributed by atoms with van der Waals surface area (Å²) in [6.45, 7) is 8.90. The molecule has 0 fully saturated rings. The highest BCUT2D eigenvalue weighted by Crippen LogP contribution is 2.50. The van der Waals surface area contributed by atoms with Gasteiger partial charge in [0.1, 0.15) is 12.8 Å². The molecule has 0 amide bonds. The quantitative estimate of drug-likeness (QED) is 0.0484. The fourth-order valence-corrected chi connectivity index (χ4v) is 20.6. The van der Waals surface area contributed by atoms with Gasteiger partial charge in [0.2, 0.25) is 5.52 Å². The summed E-state index contributed by atoms with van der Waals surface area (Å²) < 4.78 is 0.945. The zero-order chi connectivity index (χ0) is 32.0. The fourth-order valence-electron chi connectivity index (χ4n) is 6.94. The molecule has 11 heteroatoms. The van der Waals surface area contributed by atoms with Gasteiger partial charge in [0.15, 0.2) is 0 Å². The molecule has 6 aromatic heterocycles. The molecule has 0 saturated carbocycles. The predicted molar refractivity (Wildman–Crippen MR) is 210 cm³/mol. The fraction of sp³-hybridized carbons (Fsp3) is 0.400. The SMILES string of the molecule is CCCCCC[Si]1(CCCCCC)c2cc(-c3ccc(C)s3)sc2-c2sc(-c3ccc(-c4sc(C)c5sc([N+](=O)[O-])nc45)s3)cc21. The third kappa shape index (κ3) is 5.84. The maximum atomic E-state index is 11.5. The topological polar surface area (TPSA) is 56.0 Å². The van der Waals surface area contributed by atoms with Crippen molar-refractivity contribution < 1.29 is 4.92 Å². The number of fused-ring (bicyclic) bond motifs is 4. The van der Waals surface area contributed by atoms with Gasteiger partial charge in [-0.3, -0.25) is 0 Å². The Morgan fingerprint density at radius 1 is 0.674 bits per heavy atom. The van der Waals surface area contributed by atoms with Crippen molar-refractivity contribution in [1.29, 1.82) is 0 Å². The molecule has 7 rings (SSSR count). The molecule has 0 saturated heterocycles. The molecule has 46 heavy (non-hydrogen) atoms. The van der Waals surface area contributed by atoms with Gasteiger partial charge in [-0.25, -0.2) is 0 Å². The monoisotopic (exact) mass is 738 g/mol. The number of unbranched alkanes of at least 4 members (excludes halogenated alkanes) is 6. The van der Waals surface area contributed by atoms with E-state index >= 15 is 0 Å². The Balaban J connectivity index is 1.30. The van der Waals surface area contributed by atoms with Crippen molar-refractivity contribution in [2.45, 2.75) is 91.1 Å². The van der Waals surface area contributed by atoms with Crippen molar-refractivity contribution in [1.82, 2.24) is 4.98 Å². The number of nitro groups is 1. The van der Waals surface area contributed by atoms with Crippen LogP contribution in [0.3, 0.4) is 0 Å². The summed E-state index contributed by atoms with van der Waals surface area (Å²) in [6, 6.07) is 17.0. The summed E-state index contributed by atoms with van der Waals surface area (Å²) in [6.07, 6.45) is 10.5. The number of thiazole rings is 1. The van der Waals surface area contributed by atoms with E-state index in [2.05, 4.69) is 62.2 Å². The lowest BCUT2D eigenvalue weighted by Gasteiger charge is -2.29. The second kappa shape index (κ2) is 13.5. The van der Waals surface area contributed by atoms with E-state index < -0.39 is 8.07 Å². The lowest BCUT2D eigenvalue weighted by Crippen LogP contribution is -2.54. The third-order valence-corrected chi connectivity index (χ3v) is 22.3. The minimum atomic E-state index is -1.93. The van der Waals surface area contributed by atoms with Crippen LogP contribution in [0.4, 0.5) is 5.13 Å². The molecule has 1 aliphatic heterocycles. The van der Waals surface area contributed by atoms with Gasteiger partial charge in [-0.2, -0.15) is 0 Å². The minimum absolute atomic E-state index is 0.0170. The standard InChI is InChI=1S/C35H38N2O2S6Si/c1-5-7-9-11-17-46(18-12-10-8-6-2)28-19-26(23-14-13-21(3)40-23)43-33(28)34-29(46)20-27(44-34)24-15-16-25(42-24)32-30-31(22(4)41-32)45-35(36-30)37(38)39/h13-16,19-20H,5-12,17-18H2,1-4H3. The first-order chi connectivity index (χ1) is 22.3. The van der Waals surface area contributed by atoms with Gasteiger partial charge in [0, 0.05) is 43.9 Å². The minimum Gasteiger partial charge on any atom is -0.357 e. The first kappa shape index (κ1) is 32.5. The summed E-state index contributed by atoms with van der Waals surface area (Å²) in [7, 11) is -1.93. The van der Waals surface area contributed by atoms with Crippen LogP contribution in [0.5, 0.6) is 0 Å². The average molecular weight is 739 g/mol. The molecule has 0 spiro atoms. The van der Waals surface area contributed by atoms with Crippen molar-refractivity contribution in [2.24, 2.45) is 0 Å². The van der Waals surface area contributed by atoms with E-state index in [-0.39, 0.29) is 10.1 Å². The van der Waals surface area contributed by atoms with E-state index in [0.717, 1.165) is 24.8 Å². The van der Waals surface area contributed by atoms with Crippen LogP contribution in [0.1, 0.15) is 75.0 Å². The Kier molecular flexibility index (Phi) is 9.54. The molecular weight excluding hydrogens is 701 g/mol. The van der Waals surface area contributed by atoms with Gasteiger partial charge in [0.05, 0.1) is 4.88 Å². The van der Waals surface area contributed by atoms with Gasteiger partial charge in [-0.1, -0.05) is 65.2 Å². The van der Waals surface area contributed by atoms with E-state index in [9.17, 15) is 10.1 Å². The summed E-state index contributed by atoms with van der Waals surface area (Å²) in [5.74, 6) is 0. The van der Waals surface area contributed by atoms with Gasteiger partial charge in [0.25, 0.3) is 0 Å². The lowest BCUT2D eigenvalue weighted by atomic mass is 10.2. The van der Waals surface area contributed by atoms with Crippen LogP contribution in [0, 0.1) is 24.0 Å². The normalized spacial score (nSPS) is 13.6. The molecule has 0 aromatic carbocycles. The predicted octanol–water partition coefficient (Wildman–Crippen LogP) is 12.8. The molecular formula is C35H38N2O2S6Si. The van der Waals surface area contributed by atoms with Crippen LogP contribution in [0.25, 0.3) is 49.2 Å². The maximum absolute atomic E-state index is 11.5. The number of aromatic nitrogens is 1. The lowest BCUT2D eigenvalue weighted by molar-refractivity contribution is -0.384. The van der Waals surface area contributed by atoms with E-state index in [1.807, 2.05) is 52.3 Å². The molecule has 4 nitrogen and oxygen atoms in total. The molecule has 0 radical (unpaired) electrons. The molecule has 0 aliphatic carbocycles. The van der Waals surface area contributed by atoms with Crippen LogP contribution in [0.15, 0.2) is 36.4 Å². The summed E-state index contributed by atoms with van der Waals surface area (Å²) >= 11 is 10.7. The van der Waals surface area contributed by atoms with Crippen LogP contribution < -0.4 is 10.4 Å². The van der Waals surface area contributed by atoms with Crippen LogP contribution in [-0.4, -0.2) is 18.0 Å². The van der Waals surface area contributed by atoms with E-state index in [1.165, 1.54) is 99.2 Å². The number of hydrogen-bond acceptors (Lipinski definition) is 9. The second-order valence-corrected chi connectivity index (χ2v) is 23.3. The highest BCUT2D eigenvalue weighted by Gasteiger charge is 2.47. The number of hydrogen-bond donors (Lipinski definition) is 0. The van der Waals surface area contributed by atoms with Crippen molar-refractivity contribution in [3.05, 3.63) is 56.3 Å². The molecule has 0 atom stereocenters. The average Bonchev–Trinajstić information content (AvgIpc) is 3.88. The van der Waals surface area contributed by atoms with Gasteiger partial charge in [-0.05, 0) is 94.0 Å². The zero-order valence-corrected chi connectivity index (χ0v) is 32.6. The van der Waals surface area contributed by atoms with E-state index in [4.69, 9.17) is 0 Å². The highest BCUT2D eigenvalue weighted by molar-refractivity contribution is 7.34. The Bertz CT molecular complexity index is 2010. The van der Waals surface area contributed by atoms with Crippen LogP contribution in [0.2, 0.25) is 12.1 Å². The summed E-state index contributed by atoms with van der Waals surface area (Å²) in [4.78, 5) is 28.9. The molecule has 7 heterocycles. The number of rotatable bonds is 14. The smallest absolute Gasteiger partial charge is 0.357 e. The van der Waals surface area contributed by atoms with E-state index in [0.29, 0.717) is 0 Å². The van der Waals surface area contributed by atoms with Crippen molar-refractivity contribution in [3.8, 4) is 39.0 Å². The molecule has 6 aromatic rings. The maximum Gasteiger partial charge on any atom is 0.424 e. The largest absolute Gasteiger partial charge is 0.424 e.